The minimum atomic E-state index is -0.809. The highest BCUT2D eigenvalue weighted by atomic mass is 16.2. The van der Waals surface area contributed by atoms with E-state index >= 15 is 0 Å². The van der Waals surface area contributed by atoms with Gasteiger partial charge < -0.3 is 11.5 Å². The van der Waals surface area contributed by atoms with Crippen LogP contribution in [0.2, 0.25) is 0 Å². The van der Waals surface area contributed by atoms with Gasteiger partial charge >= 0.3 is 0 Å². The first-order chi connectivity index (χ1) is 7.11. The molecule has 0 unspecified atom stereocenters. The zero-order valence-electron chi connectivity index (χ0n) is 7.81. The number of nitrogens with two attached hydrogens (primary N) is 2. The highest BCUT2D eigenvalue weighted by Crippen LogP contribution is 2.10. The van der Waals surface area contributed by atoms with Gasteiger partial charge in [-0.3, -0.25) is 14.0 Å². The molecule has 2 heterocycles. The molecule has 0 spiro atoms. The molecule has 5 nitrogen and oxygen atoms in total. The van der Waals surface area contributed by atoms with Crippen molar-refractivity contribution in [2.24, 2.45) is 5.73 Å². The van der Waals surface area contributed by atoms with Crippen molar-refractivity contribution in [1.82, 2.24) is 4.40 Å². The molecule has 0 aromatic carbocycles. The SMILES string of the molecule is NC(=O)c1c(N)cc2ccccn2c1=O. The van der Waals surface area contributed by atoms with Crippen LogP contribution in [0.4, 0.5) is 5.69 Å². The summed E-state index contributed by atoms with van der Waals surface area (Å²) in [6, 6.07) is 6.73. The number of anilines is 1. The Morgan fingerprint density at radius 2 is 2.07 bits per heavy atom. The van der Waals surface area contributed by atoms with E-state index in [1.165, 1.54) is 4.40 Å². The average molecular weight is 203 g/mol. The molecule has 2 aromatic heterocycles. The molecular weight excluding hydrogens is 194 g/mol. The van der Waals surface area contributed by atoms with E-state index < -0.39 is 11.5 Å². The number of primary amides is 1. The molecule has 0 bridgehead atoms. The van der Waals surface area contributed by atoms with Gasteiger partial charge in [0.05, 0.1) is 11.2 Å². The fourth-order valence-corrected chi connectivity index (χ4v) is 1.48. The molecule has 2 rings (SSSR count). The van der Waals surface area contributed by atoms with Gasteiger partial charge in [-0.1, -0.05) is 6.07 Å². The van der Waals surface area contributed by atoms with Crippen LogP contribution in [0.25, 0.3) is 5.52 Å². The lowest BCUT2D eigenvalue weighted by molar-refractivity contribution is 0.0999. The van der Waals surface area contributed by atoms with E-state index in [2.05, 4.69) is 0 Å². The zero-order valence-corrected chi connectivity index (χ0v) is 7.81. The lowest BCUT2D eigenvalue weighted by Crippen LogP contribution is -2.27. The van der Waals surface area contributed by atoms with Crippen LogP contribution in [-0.4, -0.2) is 10.3 Å². The number of rotatable bonds is 1. The number of nitrogens with zero attached hydrogens (tertiary/aromatic N) is 1. The third-order valence-corrected chi connectivity index (χ3v) is 2.16. The Morgan fingerprint density at radius 1 is 1.33 bits per heavy atom. The minimum Gasteiger partial charge on any atom is -0.398 e. The summed E-state index contributed by atoms with van der Waals surface area (Å²) in [5, 5.41) is 0. The fourth-order valence-electron chi connectivity index (χ4n) is 1.48. The van der Waals surface area contributed by atoms with Crippen molar-refractivity contribution in [3.63, 3.8) is 0 Å². The van der Waals surface area contributed by atoms with Gasteiger partial charge in [0.15, 0.2) is 0 Å². The van der Waals surface area contributed by atoms with Crippen LogP contribution in [0.3, 0.4) is 0 Å². The molecule has 0 fully saturated rings. The van der Waals surface area contributed by atoms with Crippen LogP contribution in [0, 0.1) is 0 Å². The molecule has 4 N–H and O–H groups in total. The molecule has 0 atom stereocenters. The van der Waals surface area contributed by atoms with E-state index in [4.69, 9.17) is 11.5 Å². The topological polar surface area (TPSA) is 90.6 Å². The lowest BCUT2D eigenvalue weighted by atomic mass is 10.2. The summed E-state index contributed by atoms with van der Waals surface area (Å²) >= 11 is 0. The average Bonchev–Trinajstić information content (AvgIpc) is 2.17. The monoisotopic (exact) mass is 203 g/mol. The second kappa shape index (κ2) is 3.13. The van der Waals surface area contributed by atoms with Gasteiger partial charge in [-0.05, 0) is 18.2 Å². The number of carbonyl (C=O) groups is 1. The Morgan fingerprint density at radius 3 is 2.73 bits per heavy atom. The Balaban J connectivity index is 2.97. The van der Waals surface area contributed by atoms with Crippen LogP contribution >= 0.6 is 0 Å². The summed E-state index contributed by atoms with van der Waals surface area (Å²) < 4.78 is 1.33. The van der Waals surface area contributed by atoms with Gasteiger partial charge in [-0.25, -0.2) is 0 Å². The number of fused-ring (bicyclic) bond motifs is 1. The number of nitrogen functional groups attached to an aromatic ring is 1. The van der Waals surface area contributed by atoms with Gasteiger partial charge in [0.1, 0.15) is 5.56 Å². The Labute approximate surface area is 84.9 Å². The predicted octanol–water partition coefficient (Wildman–Crippen LogP) is -0.0194. The largest absolute Gasteiger partial charge is 0.398 e. The van der Waals surface area contributed by atoms with Crippen molar-refractivity contribution >= 4 is 17.1 Å². The van der Waals surface area contributed by atoms with Gasteiger partial charge in [0.2, 0.25) is 0 Å². The fraction of sp³-hybridized carbons (Fsp3) is 0. The van der Waals surface area contributed by atoms with E-state index in [1.54, 1.807) is 30.5 Å². The standard InChI is InChI=1S/C10H9N3O2/c11-7-5-6-3-1-2-4-13(6)10(15)8(7)9(12)14/h1-5H,11H2,(H2,12,14). The summed E-state index contributed by atoms with van der Waals surface area (Å²) in [6.45, 7) is 0. The van der Waals surface area contributed by atoms with E-state index in [1.807, 2.05) is 0 Å². The van der Waals surface area contributed by atoms with Gasteiger partial charge in [-0.15, -0.1) is 0 Å². The van der Waals surface area contributed by atoms with E-state index in [-0.39, 0.29) is 11.3 Å². The van der Waals surface area contributed by atoms with Gasteiger partial charge in [0.25, 0.3) is 11.5 Å². The van der Waals surface area contributed by atoms with Crippen molar-refractivity contribution < 1.29 is 4.79 Å². The highest BCUT2D eigenvalue weighted by molar-refractivity contribution is 5.98. The predicted molar refractivity (Wildman–Crippen MR) is 56.6 cm³/mol. The number of pyridine rings is 2. The van der Waals surface area contributed by atoms with Crippen LogP contribution in [0.15, 0.2) is 35.3 Å². The molecule has 15 heavy (non-hydrogen) atoms. The Hall–Kier alpha value is -2.30. The molecule has 5 heteroatoms. The highest BCUT2D eigenvalue weighted by Gasteiger charge is 2.13. The van der Waals surface area contributed by atoms with Gasteiger partial charge in [0, 0.05) is 6.20 Å². The van der Waals surface area contributed by atoms with Crippen molar-refractivity contribution in [3.05, 3.63) is 46.4 Å². The van der Waals surface area contributed by atoms with E-state index in [9.17, 15) is 9.59 Å². The summed E-state index contributed by atoms with van der Waals surface area (Å²) in [5.41, 5.74) is 10.7. The van der Waals surface area contributed by atoms with Crippen molar-refractivity contribution in [2.75, 3.05) is 5.73 Å². The smallest absolute Gasteiger partial charge is 0.270 e. The summed E-state index contributed by atoms with van der Waals surface area (Å²) in [4.78, 5) is 22.8. The van der Waals surface area contributed by atoms with Crippen molar-refractivity contribution in [2.45, 2.75) is 0 Å². The van der Waals surface area contributed by atoms with Crippen molar-refractivity contribution in [1.29, 1.82) is 0 Å². The molecular formula is C10H9N3O2. The molecule has 0 aliphatic carbocycles. The second-order valence-electron chi connectivity index (χ2n) is 3.14. The molecule has 1 amide bonds. The second-order valence-corrected chi connectivity index (χ2v) is 3.14. The first-order valence-electron chi connectivity index (χ1n) is 4.31. The third kappa shape index (κ3) is 1.34. The number of carbonyl (C=O) groups excluding carboxylic acids is 1. The first-order valence-corrected chi connectivity index (χ1v) is 4.31. The van der Waals surface area contributed by atoms with Crippen LogP contribution in [0.5, 0.6) is 0 Å². The quantitative estimate of drug-likeness (QED) is 0.682. The number of hydrogen-bond donors (Lipinski definition) is 2. The zero-order chi connectivity index (χ0) is 11.0. The van der Waals surface area contributed by atoms with Gasteiger partial charge in [-0.2, -0.15) is 0 Å². The Bertz CT molecular complexity index is 601. The minimum absolute atomic E-state index is 0.110. The number of aromatic nitrogens is 1. The number of amides is 1. The molecule has 0 saturated carbocycles. The maximum Gasteiger partial charge on any atom is 0.270 e. The number of hydrogen-bond acceptors (Lipinski definition) is 3. The first kappa shape index (κ1) is 9.26. The van der Waals surface area contributed by atoms with E-state index in [0.717, 1.165) is 0 Å². The maximum absolute atomic E-state index is 11.8. The normalized spacial score (nSPS) is 10.4. The summed E-state index contributed by atoms with van der Waals surface area (Å²) in [7, 11) is 0. The van der Waals surface area contributed by atoms with Crippen molar-refractivity contribution in [3.8, 4) is 0 Å². The molecule has 0 radical (unpaired) electrons. The summed E-state index contributed by atoms with van der Waals surface area (Å²) in [5.74, 6) is -0.809. The molecule has 0 aliphatic heterocycles. The van der Waals surface area contributed by atoms with Crippen LogP contribution < -0.4 is 17.0 Å². The molecule has 0 aliphatic rings. The molecule has 2 aromatic rings. The maximum atomic E-state index is 11.8. The van der Waals surface area contributed by atoms with E-state index in [0.29, 0.717) is 5.52 Å². The molecule has 76 valence electrons. The molecule has 0 saturated heterocycles. The van der Waals surface area contributed by atoms with Crippen LogP contribution in [-0.2, 0) is 0 Å². The van der Waals surface area contributed by atoms with Crippen LogP contribution in [0.1, 0.15) is 10.4 Å². The Kier molecular flexibility index (Phi) is 1.93. The summed E-state index contributed by atoms with van der Waals surface area (Å²) in [6.07, 6.45) is 1.56. The lowest BCUT2D eigenvalue weighted by Gasteiger charge is -2.04. The third-order valence-electron chi connectivity index (χ3n) is 2.16.